The Morgan fingerprint density at radius 1 is 0.444 bits per heavy atom. The lowest BCUT2D eigenvalue weighted by Gasteiger charge is -2.22. The van der Waals surface area contributed by atoms with E-state index in [-0.39, 0.29) is 14.9 Å². The first kappa shape index (κ1) is 43.8. The van der Waals surface area contributed by atoms with Gasteiger partial charge in [0.25, 0.3) is 0 Å². The number of hydrogen-bond donors (Lipinski definition) is 2. The molecule has 2 aliphatic rings. The Morgan fingerprint density at radius 2 is 0.889 bits per heavy atom. The van der Waals surface area contributed by atoms with Crippen molar-refractivity contribution >= 4 is 105 Å². The van der Waals surface area contributed by atoms with Gasteiger partial charge < -0.3 is 19.9 Å². The summed E-state index contributed by atoms with van der Waals surface area (Å²) in [6.07, 6.45) is 13.2. The zero-order valence-corrected chi connectivity index (χ0v) is 36.7. The van der Waals surface area contributed by atoms with Crippen LogP contribution in [0.2, 0.25) is 0 Å². The van der Waals surface area contributed by atoms with Crippen LogP contribution in [0.1, 0.15) is 102 Å². The number of halogens is 1. The normalized spacial score (nSPS) is 14.4. The molecule has 2 aromatic heterocycles. The maximum Gasteiger partial charge on any atom is 0.158 e. The summed E-state index contributed by atoms with van der Waals surface area (Å²) in [5.74, 6) is 1.24. The third-order valence-corrected chi connectivity index (χ3v) is 13.8. The molecule has 2 heterocycles. The highest BCUT2D eigenvalue weighted by molar-refractivity contribution is 14.1. The van der Waals surface area contributed by atoms with Crippen LogP contribution in [0.4, 0.5) is 17.1 Å². The van der Waals surface area contributed by atoms with Gasteiger partial charge in [0.05, 0.1) is 9.26 Å². The number of anilines is 3. The van der Waals surface area contributed by atoms with Gasteiger partial charge in [-0.3, -0.25) is 0 Å². The van der Waals surface area contributed by atoms with Gasteiger partial charge in [-0.15, -0.1) is 0 Å². The van der Waals surface area contributed by atoms with Crippen molar-refractivity contribution in [1.82, 2.24) is 0 Å². The first-order chi connectivity index (χ1) is 30.1. The molecule has 2 aliphatic carbocycles. The number of para-hydroxylation sites is 4. The van der Waals surface area contributed by atoms with Gasteiger partial charge in [-0.1, -0.05) is 163 Å². The van der Waals surface area contributed by atoms with Gasteiger partial charge in [-0.05, 0) is 141 Å². The molecule has 12 rings (SSSR count). The average molecular weight is 943 g/mol. The van der Waals surface area contributed by atoms with Crippen molar-refractivity contribution in [2.24, 2.45) is 0 Å². The molecule has 8 aromatic carbocycles. The minimum Gasteiger partial charge on any atom is -0.455 e. The molecular weight excluding hydrogens is 884 g/mol. The van der Waals surface area contributed by atoms with Crippen LogP contribution in [0.3, 0.4) is 0 Å². The van der Waals surface area contributed by atoms with Crippen LogP contribution >= 0.6 is 22.6 Å². The summed E-state index contributed by atoms with van der Waals surface area (Å²) < 4.78 is 14.3. The predicted molar refractivity (Wildman–Crippen MR) is 281 cm³/mol. The van der Waals surface area contributed by atoms with Crippen molar-refractivity contribution in [3.8, 4) is 0 Å². The van der Waals surface area contributed by atoms with Crippen LogP contribution in [0.15, 0.2) is 167 Å². The Morgan fingerprint density at radius 3 is 1.41 bits per heavy atom. The first-order valence-corrected chi connectivity index (χ1v) is 23.2. The molecule has 5 heteroatoms. The maximum atomic E-state index is 6.69. The van der Waals surface area contributed by atoms with Crippen molar-refractivity contribution in [3.05, 3.63) is 172 Å². The molecule has 0 spiro atoms. The van der Waals surface area contributed by atoms with Crippen LogP contribution < -0.4 is 11.1 Å². The fourth-order valence-corrected chi connectivity index (χ4v) is 10.6. The second-order valence-electron chi connectivity index (χ2n) is 16.9. The first-order valence-electron chi connectivity index (χ1n) is 22.1. The maximum absolute atomic E-state index is 6.69. The van der Waals surface area contributed by atoms with E-state index in [1.165, 1.54) is 122 Å². The summed E-state index contributed by atoms with van der Waals surface area (Å²) in [5.41, 5.74) is 15.3. The number of nitrogens with two attached hydrogens (primary N) is 1. The van der Waals surface area contributed by atoms with Gasteiger partial charge >= 0.3 is 0 Å². The summed E-state index contributed by atoms with van der Waals surface area (Å²) in [6.45, 7) is 0. The number of benzene rings is 8. The number of hydrogen-bond acceptors (Lipinski definition) is 4. The van der Waals surface area contributed by atoms with E-state index in [4.69, 9.17) is 14.6 Å². The third kappa shape index (κ3) is 8.90. The zero-order chi connectivity index (χ0) is 41.1. The van der Waals surface area contributed by atoms with E-state index in [9.17, 15) is 0 Å². The highest BCUT2D eigenvalue weighted by Gasteiger charge is 2.25. The molecule has 10 aromatic rings. The zero-order valence-electron chi connectivity index (χ0n) is 34.5. The fourth-order valence-electron chi connectivity index (χ4n) is 9.97. The molecule has 0 radical (unpaired) electrons. The van der Waals surface area contributed by atoms with E-state index in [0.717, 1.165) is 39.4 Å². The SMILES string of the molecule is C.C.Ic1cccc2c1oc1c(C3CCCCC3)cc3ccccc3c12.Nc1ccccc1.c1ccc(Nc2cccc3c2oc2c(C4CCCCC4)cc4ccccc4c23)cc1. The Kier molecular flexibility index (Phi) is 13.7. The topological polar surface area (TPSA) is 64.3 Å². The van der Waals surface area contributed by atoms with E-state index in [1.54, 1.807) is 0 Å². The molecule has 0 amide bonds. The van der Waals surface area contributed by atoms with Gasteiger partial charge in [0, 0.05) is 32.9 Å². The number of nitrogens with one attached hydrogen (secondary N) is 1. The Hall–Kier alpha value is -5.79. The van der Waals surface area contributed by atoms with Gasteiger partial charge in [-0.2, -0.15) is 0 Å². The monoisotopic (exact) mass is 942 g/mol. The van der Waals surface area contributed by atoms with Crippen LogP contribution in [-0.4, -0.2) is 0 Å². The molecule has 2 saturated carbocycles. The van der Waals surface area contributed by atoms with Crippen LogP contribution in [0, 0.1) is 3.57 Å². The molecule has 0 bridgehead atoms. The van der Waals surface area contributed by atoms with Crippen molar-refractivity contribution in [2.75, 3.05) is 11.1 Å². The van der Waals surface area contributed by atoms with Gasteiger partial charge in [0.1, 0.15) is 16.7 Å². The molecule has 0 saturated heterocycles. The lowest BCUT2D eigenvalue weighted by molar-refractivity contribution is 0.442. The highest BCUT2D eigenvalue weighted by atomic mass is 127. The number of nitrogen functional groups attached to an aromatic ring is 1. The van der Waals surface area contributed by atoms with Crippen molar-refractivity contribution in [3.63, 3.8) is 0 Å². The summed E-state index contributed by atoms with van der Waals surface area (Å²) in [6, 6.07) is 55.0. The van der Waals surface area contributed by atoms with Gasteiger partial charge in [0.15, 0.2) is 5.58 Å². The van der Waals surface area contributed by atoms with Crippen molar-refractivity contribution in [1.29, 1.82) is 0 Å². The smallest absolute Gasteiger partial charge is 0.158 e. The second-order valence-corrected chi connectivity index (χ2v) is 18.0. The number of rotatable bonds is 4. The number of furan rings is 2. The minimum atomic E-state index is 0. The van der Waals surface area contributed by atoms with Crippen molar-refractivity contribution < 1.29 is 8.83 Å². The van der Waals surface area contributed by atoms with Crippen LogP contribution in [-0.2, 0) is 0 Å². The second kappa shape index (κ2) is 19.7. The number of fused-ring (bicyclic) bond motifs is 10. The fraction of sp³-hybridized carbons (Fsp3) is 0.241. The standard InChI is InChI=1S/C28H25NO.C22H19IO.C6H7N.2CH4/c1-3-10-19(11-4-1)24-18-20-12-7-8-15-22(20)26-23-16-9-17-25(27(23)30-28(24)26)29-21-13-5-2-6-14-21;23-19-12-6-11-17-20-16-10-5-4-9-15(16)13-18(22(20)24-21(17)19)14-7-2-1-3-8-14;7-6-4-2-1-3-5-6;;/h2,5-9,12-19,29H,1,3-4,10-11H2;4-6,9-14H,1-3,7-8H2;1-5H,7H2;2*1H4. The Labute approximate surface area is 386 Å². The molecule has 2 fully saturated rings. The lowest BCUT2D eigenvalue weighted by Crippen LogP contribution is -2.04. The van der Waals surface area contributed by atoms with Crippen molar-refractivity contribution in [2.45, 2.75) is 90.9 Å². The van der Waals surface area contributed by atoms with E-state index in [0.29, 0.717) is 11.8 Å². The predicted octanol–water partition coefficient (Wildman–Crippen LogP) is 18.5. The molecule has 0 atom stereocenters. The quantitative estimate of drug-likeness (QED) is 0.136. The molecule has 0 aliphatic heterocycles. The highest BCUT2D eigenvalue weighted by Crippen LogP contribution is 2.46. The van der Waals surface area contributed by atoms with Gasteiger partial charge in [-0.25, -0.2) is 0 Å². The molecule has 3 N–H and O–H groups in total. The molecule has 4 nitrogen and oxygen atoms in total. The summed E-state index contributed by atoms with van der Waals surface area (Å²) in [7, 11) is 0. The lowest BCUT2D eigenvalue weighted by atomic mass is 9.82. The van der Waals surface area contributed by atoms with E-state index in [1.807, 2.05) is 36.4 Å². The largest absolute Gasteiger partial charge is 0.455 e. The van der Waals surface area contributed by atoms with E-state index >= 15 is 0 Å². The summed E-state index contributed by atoms with van der Waals surface area (Å²) >= 11 is 2.39. The van der Waals surface area contributed by atoms with E-state index < -0.39 is 0 Å². The third-order valence-electron chi connectivity index (χ3n) is 12.9. The molecule has 0 unspecified atom stereocenters. The molecular formula is C58H59IN2O2. The van der Waals surface area contributed by atoms with Gasteiger partial charge in [0.2, 0.25) is 0 Å². The molecule has 320 valence electrons. The summed E-state index contributed by atoms with van der Waals surface area (Å²) in [4.78, 5) is 0. The van der Waals surface area contributed by atoms with Crippen LogP contribution in [0.5, 0.6) is 0 Å². The Balaban J connectivity index is 0.000000148. The minimum absolute atomic E-state index is 0. The Bertz CT molecular complexity index is 3100. The molecule has 63 heavy (non-hydrogen) atoms. The summed E-state index contributed by atoms with van der Waals surface area (Å²) in [5, 5.41) is 13.8. The van der Waals surface area contributed by atoms with E-state index in [2.05, 4.69) is 149 Å². The van der Waals surface area contributed by atoms with Crippen LogP contribution in [0.25, 0.3) is 65.4 Å². The average Bonchev–Trinajstić information content (AvgIpc) is 3.92.